The first-order valence-corrected chi connectivity index (χ1v) is 10.9. The van der Waals surface area contributed by atoms with Gasteiger partial charge in [0.15, 0.2) is 0 Å². The van der Waals surface area contributed by atoms with Crippen molar-refractivity contribution in [2.45, 2.75) is 72.1 Å². The molecule has 0 amide bonds. The van der Waals surface area contributed by atoms with Crippen molar-refractivity contribution in [1.29, 1.82) is 0 Å². The molecule has 4 saturated carbocycles. The second kappa shape index (κ2) is 6.49. The Balaban J connectivity index is 1.69. The number of fused-ring (bicyclic) bond motifs is 5. The van der Waals surface area contributed by atoms with Crippen molar-refractivity contribution in [3.8, 4) is 0 Å². The Hall–Kier alpha value is -1.06. The number of carbonyl (C=O) groups excluding carboxylic acids is 3. The average Bonchev–Trinajstić information content (AvgIpc) is 2.96. The first-order valence-electron chi connectivity index (χ1n) is 10.9. The van der Waals surface area contributed by atoms with Crippen LogP contribution in [0.3, 0.4) is 0 Å². The molecule has 4 aliphatic rings. The normalized spacial score (nSPS) is 48.0. The molecule has 0 aromatic carbocycles. The van der Waals surface area contributed by atoms with Crippen LogP contribution >= 0.6 is 0 Å². The van der Waals surface area contributed by atoms with Gasteiger partial charge in [0, 0.05) is 37.0 Å². The summed E-state index contributed by atoms with van der Waals surface area (Å²) in [6.45, 7) is 6.05. The summed E-state index contributed by atoms with van der Waals surface area (Å²) in [6.07, 6.45) is 5.26. The third-order valence-corrected chi connectivity index (χ3v) is 9.47. The van der Waals surface area contributed by atoms with Crippen molar-refractivity contribution >= 4 is 17.3 Å². The van der Waals surface area contributed by atoms with E-state index in [0.29, 0.717) is 43.7 Å². The van der Waals surface area contributed by atoms with Crippen molar-refractivity contribution in [2.75, 3.05) is 6.67 Å². The minimum absolute atomic E-state index is 0.0373. The molecule has 150 valence electrons. The van der Waals surface area contributed by atoms with E-state index < -0.39 is 5.41 Å². The highest BCUT2D eigenvalue weighted by Crippen LogP contribution is 2.66. The molecule has 0 aliphatic heterocycles. The van der Waals surface area contributed by atoms with Crippen molar-refractivity contribution in [2.24, 2.45) is 46.3 Å². The topological polar surface area (TPSA) is 51.2 Å². The number of halogens is 1. The zero-order valence-corrected chi connectivity index (χ0v) is 16.9. The number of alkyl halides is 1. The van der Waals surface area contributed by atoms with Crippen LogP contribution in [0.15, 0.2) is 0 Å². The van der Waals surface area contributed by atoms with E-state index in [-0.39, 0.29) is 53.4 Å². The molecule has 4 aliphatic carbocycles. The maximum absolute atomic E-state index is 13.5. The Morgan fingerprint density at radius 1 is 1.07 bits per heavy atom. The maximum Gasteiger partial charge on any atom is 0.139 e. The Kier molecular flexibility index (Phi) is 4.63. The van der Waals surface area contributed by atoms with Crippen molar-refractivity contribution in [3.05, 3.63) is 0 Å². The van der Waals surface area contributed by atoms with Crippen LogP contribution in [-0.2, 0) is 14.4 Å². The zero-order valence-electron chi connectivity index (χ0n) is 16.9. The molecule has 0 saturated heterocycles. The van der Waals surface area contributed by atoms with E-state index in [1.807, 2.05) is 0 Å². The van der Waals surface area contributed by atoms with Crippen molar-refractivity contribution in [1.82, 2.24) is 0 Å². The molecule has 4 heteroatoms. The van der Waals surface area contributed by atoms with Gasteiger partial charge in [-0.3, -0.25) is 18.8 Å². The molecule has 0 heterocycles. The number of Topliss-reactive ketones (excluding diaryl/α,β-unsaturated/α-hetero) is 3. The Morgan fingerprint density at radius 2 is 1.81 bits per heavy atom. The first kappa shape index (κ1) is 19.3. The third kappa shape index (κ3) is 2.61. The highest BCUT2D eigenvalue weighted by Gasteiger charge is 2.66. The molecule has 0 aromatic heterocycles. The summed E-state index contributed by atoms with van der Waals surface area (Å²) in [5.41, 5.74) is -0.536. The van der Waals surface area contributed by atoms with Gasteiger partial charge in [-0.05, 0) is 60.7 Å². The second-order valence-electron chi connectivity index (χ2n) is 10.4. The zero-order chi connectivity index (χ0) is 19.6. The molecule has 8 atom stereocenters. The molecule has 0 radical (unpaired) electrons. The monoisotopic (exact) mass is 376 g/mol. The summed E-state index contributed by atoms with van der Waals surface area (Å²) in [5.74, 6) is 1.52. The van der Waals surface area contributed by atoms with E-state index in [1.165, 1.54) is 0 Å². The Morgan fingerprint density at radius 3 is 2.52 bits per heavy atom. The largest absolute Gasteiger partial charge is 0.300 e. The second-order valence-corrected chi connectivity index (χ2v) is 10.4. The van der Waals surface area contributed by atoms with Crippen LogP contribution < -0.4 is 0 Å². The average molecular weight is 377 g/mol. The highest BCUT2D eigenvalue weighted by molar-refractivity contribution is 5.93. The quantitative estimate of drug-likeness (QED) is 0.725. The van der Waals surface area contributed by atoms with Gasteiger partial charge in [-0.15, -0.1) is 0 Å². The lowest BCUT2D eigenvalue weighted by Crippen LogP contribution is -2.60. The molecule has 3 nitrogen and oxygen atoms in total. The first-order chi connectivity index (χ1) is 12.7. The van der Waals surface area contributed by atoms with Crippen LogP contribution in [0.2, 0.25) is 0 Å². The SMILES string of the molecule is C[C@H](CCF)[C@H]1CC[C@H]2[C@@H]3C(=O)CC4CC(=O)CC[C@]4(C)[C@H]3CC(=O)[C@]12C. The van der Waals surface area contributed by atoms with E-state index in [1.54, 1.807) is 0 Å². The number of hydrogen-bond donors (Lipinski definition) is 0. The number of ketones is 3. The fourth-order valence-electron chi connectivity index (χ4n) is 7.76. The van der Waals surface area contributed by atoms with Gasteiger partial charge in [-0.2, -0.15) is 0 Å². The molecular weight excluding hydrogens is 343 g/mol. The number of rotatable bonds is 3. The summed E-state index contributed by atoms with van der Waals surface area (Å²) >= 11 is 0. The van der Waals surface area contributed by atoms with Crippen molar-refractivity contribution in [3.63, 3.8) is 0 Å². The molecule has 0 aromatic rings. The summed E-state index contributed by atoms with van der Waals surface area (Å²) < 4.78 is 13.0. The fourth-order valence-corrected chi connectivity index (χ4v) is 7.76. The fraction of sp³-hybridized carbons (Fsp3) is 0.870. The third-order valence-electron chi connectivity index (χ3n) is 9.47. The van der Waals surface area contributed by atoms with E-state index in [9.17, 15) is 18.8 Å². The maximum atomic E-state index is 13.5. The van der Waals surface area contributed by atoms with E-state index in [0.717, 1.165) is 19.3 Å². The van der Waals surface area contributed by atoms with Crippen LogP contribution in [0.5, 0.6) is 0 Å². The molecule has 27 heavy (non-hydrogen) atoms. The molecule has 4 rings (SSSR count). The summed E-state index contributed by atoms with van der Waals surface area (Å²) in [6, 6.07) is 0. The summed E-state index contributed by atoms with van der Waals surface area (Å²) in [7, 11) is 0. The van der Waals surface area contributed by atoms with E-state index in [4.69, 9.17) is 0 Å². The molecular formula is C23H33FO3. The summed E-state index contributed by atoms with van der Waals surface area (Å²) in [4.78, 5) is 38.7. The lowest BCUT2D eigenvalue weighted by molar-refractivity contribution is -0.166. The molecule has 0 N–H and O–H groups in total. The van der Waals surface area contributed by atoms with E-state index >= 15 is 0 Å². The van der Waals surface area contributed by atoms with Crippen LogP contribution in [0.1, 0.15) is 72.1 Å². The molecule has 0 bridgehead atoms. The lowest BCUT2D eigenvalue weighted by atomic mass is 9.44. The highest BCUT2D eigenvalue weighted by atomic mass is 19.1. The van der Waals surface area contributed by atoms with Gasteiger partial charge in [0.25, 0.3) is 0 Å². The van der Waals surface area contributed by atoms with Crippen LogP contribution in [0.25, 0.3) is 0 Å². The lowest BCUT2D eigenvalue weighted by Gasteiger charge is -2.58. The van der Waals surface area contributed by atoms with Gasteiger partial charge in [0.2, 0.25) is 0 Å². The Labute approximate surface area is 161 Å². The molecule has 4 fully saturated rings. The van der Waals surface area contributed by atoms with Gasteiger partial charge in [-0.25, -0.2) is 0 Å². The van der Waals surface area contributed by atoms with Gasteiger partial charge >= 0.3 is 0 Å². The number of hydrogen-bond acceptors (Lipinski definition) is 3. The molecule has 0 spiro atoms. The van der Waals surface area contributed by atoms with Gasteiger partial charge in [0.05, 0.1) is 6.67 Å². The van der Waals surface area contributed by atoms with Crippen LogP contribution in [0.4, 0.5) is 4.39 Å². The Bertz CT molecular complexity index is 673. The van der Waals surface area contributed by atoms with Gasteiger partial charge in [-0.1, -0.05) is 20.8 Å². The standard InChI is InChI=1S/C23H33FO3/c1-13(7-9-24)16-4-5-17-21-18(12-20(27)23(16,17)3)22(2)8-6-15(25)10-14(22)11-19(21)26/h13-14,16-18,21H,4-12H2,1-3H3/t13-,14?,16-,17+,18+,21+,22+,23-/m1/s1. The van der Waals surface area contributed by atoms with Crippen LogP contribution in [-0.4, -0.2) is 24.0 Å². The smallest absolute Gasteiger partial charge is 0.139 e. The molecule has 1 unspecified atom stereocenters. The predicted molar refractivity (Wildman–Crippen MR) is 101 cm³/mol. The minimum atomic E-state index is -0.473. The summed E-state index contributed by atoms with van der Waals surface area (Å²) in [5, 5.41) is 0. The predicted octanol–water partition coefficient (Wildman–Crippen LogP) is 4.57. The minimum Gasteiger partial charge on any atom is -0.300 e. The van der Waals surface area contributed by atoms with Crippen LogP contribution in [0, 0.1) is 46.3 Å². The van der Waals surface area contributed by atoms with E-state index in [2.05, 4.69) is 20.8 Å². The van der Waals surface area contributed by atoms with Crippen molar-refractivity contribution < 1.29 is 18.8 Å². The number of carbonyl (C=O) groups is 3. The van der Waals surface area contributed by atoms with Gasteiger partial charge in [0.1, 0.15) is 17.3 Å². The van der Waals surface area contributed by atoms with Gasteiger partial charge < -0.3 is 0 Å².